The van der Waals surface area contributed by atoms with E-state index in [2.05, 4.69) is 5.32 Å². The van der Waals surface area contributed by atoms with E-state index >= 15 is 0 Å². The van der Waals surface area contributed by atoms with Crippen LogP contribution in [0.3, 0.4) is 0 Å². The number of nitriles is 1. The van der Waals surface area contributed by atoms with Crippen LogP contribution in [0.15, 0.2) is 54.6 Å². The maximum absolute atomic E-state index is 13.1. The third-order valence-corrected chi connectivity index (χ3v) is 3.66. The molecule has 0 heterocycles. The Morgan fingerprint density at radius 2 is 1.75 bits per heavy atom. The summed E-state index contributed by atoms with van der Waals surface area (Å²) in [6, 6.07) is 15.0. The minimum Gasteiger partial charge on any atom is -0.345 e. The number of benzene rings is 2. The third-order valence-electron chi connectivity index (χ3n) is 3.66. The monoisotopic (exact) mass is 322 g/mol. The van der Waals surface area contributed by atoms with Gasteiger partial charge in [-0.3, -0.25) is 4.79 Å². The molecule has 24 heavy (non-hydrogen) atoms. The molecule has 0 spiro atoms. The van der Waals surface area contributed by atoms with E-state index in [0.29, 0.717) is 5.56 Å². The molecule has 0 aliphatic heterocycles. The first-order valence-electron chi connectivity index (χ1n) is 7.74. The van der Waals surface area contributed by atoms with Crippen molar-refractivity contribution in [1.29, 1.82) is 5.26 Å². The van der Waals surface area contributed by atoms with Crippen LogP contribution in [0.5, 0.6) is 0 Å². The van der Waals surface area contributed by atoms with Gasteiger partial charge in [0.15, 0.2) is 0 Å². The number of nitrogens with zero attached hydrogens (tertiary/aromatic N) is 1. The molecule has 1 amide bonds. The van der Waals surface area contributed by atoms with Gasteiger partial charge in [0.05, 0.1) is 17.7 Å². The minimum atomic E-state index is -0.298. The van der Waals surface area contributed by atoms with Gasteiger partial charge in [-0.25, -0.2) is 4.39 Å². The fraction of sp³-hybridized carbons (Fsp3) is 0.200. The second-order valence-electron chi connectivity index (χ2n) is 5.85. The lowest BCUT2D eigenvalue weighted by molar-refractivity contribution is -0.117. The molecule has 0 aliphatic rings. The van der Waals surface area contributed by atoms with Crippen molar-refractivity contribution in [3.63, 3.8) is 0 Å². The van der Waals surface area contributed by atoms with Crippen LogP contribution in [0, 0.1) is 23.1 Å². The Bertz CT molecular complexity index is 756. The van der Waals surface area contributed by atoms with Crippen LogP contribution in [-0.2, 0) is 4.79 Å². The summed E-state index contributed by atoms with van der Waals surface area (Å²) in [6.45, 7) is 4.00. The first-order valence-corrected chi connectivity index (χ1v) is 7.74. The molecule has 0 aliphatic carbocycles. The number of halogens is 1. The van der Waals surface area contributed by atoms with Crippen LogP contribution >= 0.6 is 0 Å². The highest BCUT2D eigenvalue weighted by atomic mass is 19.1. The van der Waals surface area contributed by atoms with Gasteiger partial charge >= 0.3 is 0 Å². The van der Waals surface area contributed by atoms with Gasteiger partial charge in [-0.05, 0) is 47.4 Å². The Kier molecular flexibility index (Phi) is 5.86. The highest BCUT2D eigenvalue weighted by molar-refractivity contribution is 5.92. The minimum absolute atomic E-state index is 0.169. The molecule has 4 heteroatoms. The summed E-state index contributed by atoms with van der Waals surface area (Å²) in [6.07, 6.45) is 3.15. The van der Waals surface area contributed by atoms with Crippen LogP contribution in [0.4, 0.5) is 4.39 Å². The van der Waals surface area contributed by atoms with E-state index < -0.39 is 0 Å². The Morgan fingerprint density at radius 1 is 1.12 bits per heavy atom. The molecule has 0 radical (unpaired) electrons. The Morgan fingerprint density at radius 3 is 2.29 bits per heavy atom. The predicted molar refractivity (Wildman–Crippen MR) is 92.3 cm³/mol. The number of carbonyl (C=O) groups excluding carboxylic acids is 1. The van der Waals surface area contributed by atoms with Crippen LogP contribution in [0.1, 0.15) is 36.6 Å². The summed E-state index contributed by atoms with van der Waals surface area (Å²) in [4.78, 5) is 12.2. The Labute approximate surface area is 141 Å². The van der Waals surface area contributed by atoms with E-state index in [-0.39, 0.29) is 23.7 Å². The van der Waals surface area contributed by atoms with Crippen LogP contribution in [-0.4, -0.2) is 5.91 Å². The van der Waals surface area contributed by atoms with E-state index in [9.17, 15) is 9.18 Å². The maximum Gasteiger partial charge on any atom is 0.244 e. The number of hydrogen-bond acceptors (Lipinski definition) is 2. The Balaban J connectivity index is 2.06. The first kappa shape index (κ1) is 17.4. The van der Waals surface area contributed by atoms with Gasteiger partial charge in [0, 0.05) is 6.08 Å². The molecule has 0 aromatic heterocycles. The lowest BCUT2D eigenvalue weighted by Gasteiger charge is -2.22. The average Bonchev–Trinajstić information content (AvgIpc) is 2.59. The number of amides is 1. The molecule has 1 atom stereocenters. The van der Waals surface area contributed by atoms with Crippen molar-refractivity contribution in [3.05, 3.63) is 77.1 Å². The highest BCUT2D eigenvalue weighted by Crippen LogP contribution is 2.22. The molecule has 2 aromatic rings. The molecule has 2 rings (SSSR count). The van der Waals surface area contributed by atoms with Crippen LogP contribution < -0.4 is 5.32 Å². The fourth-order valence-electron chi connectivity index (χ4n) is 2.35. The second-order valence-corrected chi connectivity index (χ2v) is 5.85. The third kappa shape index (κ3) is 4.79. The number of rotatable bonds is 5. The van der Waals surface area contributed by atoms with Crippen molar-refractivity contribution in [3.8, 4) is 6.07 Å². The van der Waals surface area contributed by atoms with Gasteiger partial charge in [-0.1, -0.05) is 38.1 Å². The topological polar surface area (TPSA) is 52.9 Å². The molecule has 1 unspecified atom stereocenters. The van der Waals surface area contributed by atoms with E-state index in [1.165, 1.54) is 18.2 Å². The lowest BCUT2D eigenvalue weighted by Crippen LogP contribution is -2.30. The van der Waals surface area contributed by atoms with Crippen molar-refractivity contribution >= 4 is 12.0 Å². The Hall–Kier alpha value is -2.93. The molecule has 0 bridgehead atoms. The molecular formula is C20H19FN2O. The van der Waals surface area contributed by atoms with E-state index in [4.69, 9.17) is 5.26 Å². The van der Waals surface area contributed by atoms with Gasteiger partial charge < -0.3 is 5.32 Å². The van der Waals surface area contributed by atoms with Crippen LogP contribution in [0.25, 0.3) is 6.08 Å². The molecule has 122 valence electrons. The number of nitrogens with one attached hydrogen (secondary N) is 1. The van der Waals surface area contributed by atoms with Crippen molar-refractivity contribution in [1.82, 2.24) is 5.32 Å². The normalized spacial score (nSPS) is 12.1. The van der Waals surface area contributed by atoms with E-state index in [1.54, 1.807) is 42.5 Å². The van der Waals surface area contributed by atoms with Gasteiger partial charge in [-0.15, -0.1) is 0 Å². The zero-order chi connectivity index (χ0) is 17.5. The summed E-state index contributed by atoms with van der Waals surface area (Å²) >= 11 is 0. The van der Waals surface area contributed by atoms with E-state index in [1.807, 2.05) is 19.9 Å². The summed E-state index contributed by atoms with van der Waals surface area (Å²) in [5.74, 6) is -0.349. The molecule has 2 aromatic carbocycles. The molecule has 3 nitrogen and oxygen atoms in total. The van der Waals surface area contributed by atoms with Gasteiger partial charge in [0.1, 0.15) is 5.82 Å². The van der Waals surface area contributed by atoms with Gasteiger partial charge in [0.2, 0.25) is 5.91 Å². The highest BCUT2D eigenvalue weighted by Gasteiger charge is 2.17. The van der Waals surface area contributed by atoms with Crippen molar-refractivity contribution in [2.75, 3.05) is 0 Å². The SMILES string of the molecule is CC(C)C(NC(=O)/C=C/c1ccc(C#N)cc1)c1ccc(F)cc1. The average molecular weight is 322 g/mol. The number of hydrogen-bond donors (Lipinski definition) is 1. The zero-order valence-corrected chi connectivity index (χ0v) is 13.7. The predicted octanol–water partition coefficient (Wildman–Crippen LogP) is 4.22. The standard InChI is InChI=1S/C20H19FN2O/c1-14(2)20(17-8-10-18(21)11-9-17)23-19(24)12-7-15-3-5-16(13-22)6-4-15/h3-12,14,20H,1-2H3,(H,23,24)/b12-7+. The van der Waals surface area contributed by atoms with Crippen molar-refractivity contribution in [2.24, 2.45) is 5.92 Å². The summed E-state index contributed by atoms with van der Waals surface area (Å²) < 4.78 is 13.1. The first-order chi connectivity index (χ1) is 11.5. The van der Waals surface area contributed by atoms with Gasteiger partial charge in [0.25, 0.3) is 0 Å². The smallest absolute Gasteiger partial charge is 0.244 e. The summed E-state index contributed by atoms with van der Waals surface area (Å²) in [5, 5.41) is 11.7. The summed E-state index contributed by atoms with van der Waals surface area (Å²) in [5.41, 5.74) is 2.28. The summed E-state index contributed by atoms with van der Waals surface area (Å²) in [7, 11) is 0. The second kappa shape index (κ2) is 8.07. The van der Waals surface area contributed by atoms with Crippen molar-refractivity contribution < 1.29 is 9.18 Å². The van der Waals surface area contributed by atoms with E-state index in [0.717, 1.165) is 11.1 Å². The fourth-order valence-corrected chi connectivity index (χ4v) is 2.35. The van der Waals surface area contributed by atoms with Crippen LogP contribution in [0.2, 0.25) is 0 Å². The van der Waals surface area contributed by atoms with Gasteiger partial charge in [-0.2, -0.15) is 5.26 Å². The molecule has 0 fully saturated rings. The molecular weight excluding hydrogens is 303 g/mol. The zero-order valence-electron chi connectivity index (χ0n) is 13.7. The maximum atomic E-state index is 13.1. The lowest BCUT2D eigenvalue weighted by atomic mass is 9.96. The van der Waals surface area contributed by atoms with Crippen molar-refractivity contribution in [2.45, 2.75) is 19.9 Å². The molecule has 1 N–H and O–H groups in total. The largest absolute Gasteiger partial charge is 0.345 e. The molecule has 0 saturated heterocycles. The quantitative estimate of drug-likeness (QED) is 0.838. The number of carbonyl (C=O) groups is 1. The molecule has 0 saturated carbocycles.